The van der Waals surface area contributed by atoms with E-state index in [0.29, 0.717) is 13.1 Å². The summed E-state index contributed by atoms with van der Waals surface area (Å²) in [7, 11) is 0. The Balaban J connectivity index is 1.30. The summed E-state index contributed by atoms with van der Waals surface area (Å²) < 4.78 is 0. The fraction of sp³-hybridized carbons (Fsp3) is 0.360. The van der Waals surface area contributed by atoms with Crippen LogP contribution in [0.25, 0.3) is 0 Å². The van der Waals surface area contributed by atoms with E-state index in [1.165, 1.54) is 15.3 Å². The van der Waals surface area contributed by atoms with Gasteiger partial charge >= 0.3 is 0 Å². The van der Waals surface area contributed by atoms with Gasteiger partial charge in [0.1, 0.15) is 0 Å². The molecule has 2 aliphatic rings. The number of hydrogen-bond acceptors (Lipinski definition) is 4. The first kappa shape index (κ1) is 20.5. The quantitative estimate of drug-likeness (QED) is 0.554. The van der Waals surface area contributed by atoms with E-state index in [4.69, 9.17) is 0 Å². The van der Waals surface area contributed by atoms with Crippen molar-refractivity contribution < 1.29 is 9.59 Å². The zero-order valence-electron chi connectivity index (χ0n) is 17.6. The van der Waals surface area contributed by atoms with Gasteiger partial charge in [-0.1, -0.05) is 24.3 Å². The molecule has 0 spiro atoms. The molecule has 2 aromatic heterocycles. The predicted molar refractivity (Wildman–Crippen MR) is 126 cm³/mol. The van der Waals surface area contributed by atoms with Crippen molar-refractivity contribution in [1.29, 1.82) is 0 Å². The van der Waals surface area contributed by atoms with Gasteiger partial charge in [0.2, 0.25) is 5.91 Å². The highest BCUT2D eigenvalue weighted by molar-refractivity contribution is 7.10. The molecule has 0 bridgehead atoms. The maximum Gasteiger partial charge on any atom is 0.254 e. The van der Waals surface area contributed by atoms with Crippen LogP contribution in [0.2, 0.25) is 0 Å². The minimum Gasteiger partial charge on any atom is -0.339 e. The van der Waals surface area contributed by atoms with E-state index in [0.717, 1.165) is 36.9 Å². The van der Waals surface area contributed by atoms with Gasteiger partial charge in [0.25, 0.3) is 5.91 Å². The van der Waals surface area contributed by atoms with Crippen LogP contribution in [0.5, 0.6) is 0 Å². The normalized spacial score (nSPS) is 19.3. The molecule has 5 rings (SSSR count). The Morgan fingerprint density at radius 3 is 2.48 bits per heavy atom. The molecule has 160 valence electrons. The Hall–Kier alpha value is -2.44. The smallest absolute Gasteiger partial charge is 0.254 e. The van der Waals surface area contributed by atoms with E-state index in [2.05, 4.69) is 33.9 Å². The van der Waals surface area contributed by atoms with Crippen molar-refractivity contribution in [2.75, 3.05) is 19.6 Å². The molecule has 0 aliphatic carbocycles. The van der Waals surface area contributed by atoms with E-state index in [1.54, 1.807) is 22.7 Å². The number of aryl methyl sites for hydroxylation is 1. The molecule has 3 aromatic rings. The number of hydrogen-bond donors (Lipinski definition) is 0. The fourth-order valence-electron chi connectivity index (χ4n) is 4.85. The van der Waals surface area contributed by atoms with Gasteiger partial charge in [0.15, 0.2) is 0 Å². The van der Waals surface area contributed by atoms with Gasteiger partial charge in [-0.25, -0.2) is 0 Å². The molecule has 1 aromatic carbocycles. The van der Waals surface area contributed by atoms with Crippen molar-refractivity contribution in [3.8, 4) is 0 Å². The van der Waals surface area contributed by atoms with Gasteiger partial charge < -0.3 is 9.80 Å². The minimum absolute atomic E-state index is 0.0106. The molecule has 6 heteroatoms. The summed E-state index contributed by atoms with van der Waals surface area (Å²) in [5, 5.41) is 4.24. The van der Waals surface area contributed by atoms with E-state index in [1.807, 2.05) is 36.1 Å². The molecule has 2 aliphatic heterocycles. The number of carbonyl (C=O) groups excluding carboxylic acids is 2. The summed E-state index contributed by atoms with van der Waals surface area (Å²) in [6, 6.07) is 14.2. The second-order valence-corrected chi connectivity index (χ2v) is 10.4. The summed E-state index contributed by atoms with van der Waals surface area (Å²) in [5.74, 6) is 0.322. The van der Waals surface area contributed by atoms with Crippen LogP contribution >= 0.6 is 22.7 Å². The van der Waals surface area contributed by atoms with Gasteiger partial charge in [-0.05, 0) is 66.3 Å². The zero-order valence-corrected chi connectivity index (χ0v) is 19.3. The van der Waals surface area contributed by atoms with E-state index in [9.17, 15) is 9.59 Å². The van der Waals surface area contributed by atoms with Crippen molar-refractivity contribution in [3.05, 3.63) is 79.7 Å². The third-order valence-electron chi connectivity index (χ3n) is 6.57. The van der Waals surface area contributed by atoms with Crippen molar-refractivity contribution in [2.24, 2.45) is 5.92 Å². The topological polar surface area (TPSA) is 40.6 Å². The highest BCUT2D eigenvalue weighted by Gasteiger charge is 2.38. The Kier molecular flexibility index (Phi) is 5.67. The zero-order chi connectivity index (χ0) is 21.4. The Labute approximate surface area is 191 Å². The van der Waals surface area contributed by atoms with Crippen LogP contribution < -0.4 is 0 Å². The monoisotopic (exact) mass is 450 g/mol. The number of rotatable bonds is 3. The van der Waals surface area contributed by atoms with E-state index in [-0.39, 0.29) is 23.8 Å². The molecule has 0 unspecified atom stereocenters. The Bertz CT molecular complexity index is 1080. The number of likely N-dealkylation sites (tertiary alicyclic amines) is 1. The first-order valence-electron chi connectivity index (χ1n) is 10.9. The Morgan fingerprint density at radius 2 is 1.74 bits per heavy atom. The summed E-state index contributed by atoms with van der Waals surface area (Å²) >= 11 is 3.53. The summed E-state index contributed by atoms with van der Waals surface area (Å²) in [4.78, 5) is 33.2. The van der Waals surface area contributed by atoms with Crippen LogP contribution in [0.15, 0.2) is 53.2 Å². The number of carbonyl (C=O) groups is 2. The second-order valence-electron chi connectivity index (χ2n) is 8.38. The van der Waals surface area contributed by atoms with Crippen LogP contribution in [-0.2, 0) is 11.2 Å². The number of benzene rings is 1. The molecular weight excluding hydrogens is 424 g/mol. The van der Waals surface area contributed by atoms with Gasteiger partial charge in [-0.15, -0.1) is 22.7 Å². The largest absolute Gasteiger partial charge is 0.339 e. The summed E-state index contributed by atoms with van der Waals surface area (Å²) in [6.07, 6.45) is 2.41. The number of fused-ring (bicyclic) bond motifs is 1. The number of thiophene rings is 2. The molecule has 0 saturated carbocycles. The van der Waals surface area contributed by atoms with E-state index >= 15 is 0 Å². The Morgan fingerprint density at radius 1 is 0.935 bits per heavy atom. The maximum atomic E-state index is 13.6. The van der Waals surface area contributed by atoms with Crippen molar-refractivity contribution in [3.63, 3.8) is 0 Å². The maximum absolute atomic E-state index is 13.6. The van der Waals surface area contributed by atoms with Crippen LogP contribution in [0.3, 0.4) is 0 Å². The lowest BCUT2D eigenvalue weighted by molar-refractivity contribution is -0.139. The standard InChI is InChI=1S/C25H26N2O2S2/c1-17-5-2-3-6-19(17)25(29)26-12-8-18(9-13-26)24(28)27-14-10-21-20(11-16-31-21)23(27)22-7-4-15-30-22/h2-7,11,15-16,18,23H,8-10,12-14H2,1H3/t23-/m0/s1. The SMILES string of the molecule is Cc1ccccc1C(=O)N1CCC(C(=O)N2CCc3sccc3[C@H]2c2cccs2)CC1. The fourth-order valence-corrected chi connectivity index (χ4v) is 6.61. The lowest BCUT2D eigenvalue weighted by atomic mass is 9.91. The van der Waals surface area contributed by atoms with Gasteiger partial charge in [0, 0.05) is 40.9 Å². The predicted octanol–water partition coefficient (Wildman–Crippen LogP) is 5.14. The molecule has 0 N–H and O–H groups in total. The van der Waals surface area contributed by atoms with Crippen molar-refractivity contribution in [1.82, 2.24) is 9.80 Å². The first-order chi connectivity index (χ1) is 15.1. The number of nitrogens with zero attached hydrogens (tertiary/aromatic N) is 2. The molecule has 4 heterocycles. The molecule has 1 atom stereocenters. The van der Waals surface area contributed by atoms with Crippen LogP contribution in [0.1, 0.15) is 50.1 Å². The number of piperidine rings is 1. The third-order valence-corrected chi connectivity index (χ3v) is 8.49. The molecule has 0 radical (unpaired) electrons. The lowest BCUT2D eigenvalue weighted by Crippen LogP contribution is -2.47. The van der Waals surface area contributed by atoms with E-state index < -0.39 is 0 Å². The van der Waals surface area contributed by atoms with Crippen molar-refractivity contribution in [2.45, 2.75) is 32.2 Å². The summed E-state index contributed by atoms with van der Waals surface area (Å²) in [6.45, 7) is 4.04. The first-order valence-corrected chi connectivity index (χ1v) is 12.6. The minimum atomic E-state index is -0.0106. The summed E-state index contributed by atoms with van der Waals surface area (Å²) in [5.41, 5.74) is 3.06. The third kappa shape index (κ3) is 3.83. The molecule has 1 saturated heterocycles. The molecular formula is C25H26N2O2S2. The molecule has 2 amide bonds. The molecule has 1 fully saturated rings. The highest BCUT2D eigenvalue weighted by Crippen LogP contribution is 2.40. The molecule has 31 heavy (non-hydrogen) atoms. The lowest BCUT2D eigenvalue weighted by Gasteiger charge is -2.40. The number of amides is 2. The van der Waals surface area contributed by atoms with Gasteiger partial charge in [-0.3, -0.25) is 9.59 Å². The van der Waals surface area contributed by atoms with Crippen molar-refractivity contribution >= 4 is 34.5 Å². The van der Waals surface area contributed by atoms with Crippen LogP contribution in [-0.4, -0.2) is 41.2 Å². The van der Waals surface area contributed by atoms with Gasteiger partial charge in [-0.2, -0.15) is 0 Å². The average molecular weight is 451 g/mol. The second kappa shape index (κ2) is 8.60. The van der Waals surface area contributed by atoms with Gasteiger partial charge in [0.05, 0.1) is 6.04 Å². The molecule has 4 nitrogen and oxygen atoms in total. The highest BCUT2D eigenvalue weighted by atomic mass is 32.1. The van der Waals surface area contributed by atoms with Crippen LogP contribution in [0, 0.1) is 12.8 Å². The van der Waals surface area contributed by atoms with Crippen LogP contribution in [0.4, 0.5) is 0 Å². The average Bonchev–Trinajstić information content (AvgIpc) is 3.50.